The summed E-state index contributed by atoms with van der Waals surface area (Å²) >= 11 is 0. The summed E-state index contributed by atoms with van der Waals surface area (Å²) in [6.45, 7) is 5.87. The molecular weight excluding hydrogens is 248 g/mol. The van der Waals surface area contributed by atoms with Gasteiger partial charge in [0.1, 0.15) is 0 Å². The molecular formula is C13H18N2O4. The minimum Gasteiger partial charge on any atom is -0.466 e. The second kappa shape index (κ2) is 13.7. The van der Waals surface area contributed by atoms with Gasteiger partial charge in [-0.25, -0.2) is 4.79 Å². The molecule has 0 aliphatic heterocycles. The van der Waals surface area contributed by atoms with Crippen LogP contribution >= 0.6 is 0 Å². The molecule has 0 aromatic heterocycles. The van der Waals surface area contributed by atoms with Crippen molar-refractivity contribution < 1.29 is 19.1 Å². The van der Waals surface area contributed by atoms with Gasteiger partial charge in [0.15, 0.2) is 0 Å². The molecule has 0 N–H and O–H groups in total. The number of rotatable bonds is 5. The van der Waals surface area contributed by atoms with Gasteiger partial charge < -0.3 is 9.47 Å². The van der Waals surface area contributed by atoms with Gasteiger partial charge in [-0.15, -0.1) is 0 Å². The standard InChI is InChI=1S/C7H11NO2.C6H7NO2/c1-3-10-7(9)4-6(2)5-8;1-2-9-6(8)4-3-5-7/h6H,3-4H2,1-2H3;3-4H,2H2,1H3/b;4-3-. The molecule has 0 radical (unpaired) electrons. The fourth-order valence-electron chi connectivity index (χ4n) is 0.811. The second-order valence-electron chi connectivity index (χ2n) is 3.25. The minimum absolute atomic E-state index is 0.199. The van der Waals surface area contributed by atoms with Crippen LogP contribution in [0.25, 0.3) is 0 Å². The van der Waals surface area contributed by atoms with Gasteiger partial charge in [-0.3, -0.25) is 4.79 Å². The largest absolute Gasteiger partial charge is 0.466 e. The fourth-order valence-corrected chi connectivity index (χ4v) is 0.811. The number of carbonyl (C=O) groups is 2. The zero-order chi connectivity index (χ0) is 15.1. The highest BCUT2D eigenvalue weighted by molar-refractivity contribution is 5.82. The van der Waals surface area contributed by atoms with Crippen LogP contribution in [0.2, 0.25) is 0 Å². The molecule has 0 amide bonds. The molecule has 0 saturated heterocycles. The quantitative estimate of drug-likeness (QED) is 0.426. The maximum Gasteiger partial charge on any atom is 0.331 e. The molecule has 0 fully saturated rings. The Balaban J connectivity index is 0. The number of nitriles is 2. The Kier molecular flexibility index (Phi) is 13.7. The summed E-state index contributed by atoms with van der Waals surface area (Å²) in [5.41, 5.74) is 0. The first kappa shape index (κ1) is 19.0. The zero-order valence-electron chi connectivity index (χ0n) is 11.4. The average Bonchev–Trinajstić information content (AvgIpc) is 2.37. The third kappa shape index (κ3) is 15.7. The highest BCUT2D eigenvalue weighted by Crippen LogP contribution is 2.00. The fraction of sp³-hybridized carbons (Fsp3) is 0.538. The van der Waals surface area contributed by atoms with Crippen molar-refractivity contribution in [3.63, 3.8) is 0 Å². The van der Waals surface area contributed by atoms with E-state index in [1.165, 1.54) is 0 Å². The Morgan fingerprint density at radius 2 is 1.79 bits per heavy atom. The Hall–Kier alpha value is -2.34. The first-order valence-corrected chi connectivity index (χ1v) is 5.79. The Morgan fingerprint density at radius 3 is 2.21 bits per heavy atom. The summed E-state index contributed by atoms with van der Waals surface area (Å²) < 4.78 is 9.09. The van der Waals surface area contributed by atoms with Crippen LogP contribution in [0.1, 0.15) is 27.2 Å². The second-order valence-corrected chi connectivity index (χ2v) is 3.25. The van der Waals surface area contributed by atoms with E-state index in [2.05, 4.69) is 9.47 Å². The zero-order valence-corrected chi connectivity index (χ0v) is 11.4. The van der Waals surface area contributed by atoms with Crippen LogP contribution in [-0.2, 0) is 19.1 Å². The average molecular weight is 266 g/mol. The molecule has 1 unspecified atom stereocenters. The van der Waals surface area contributed by atoms with Crippen molar-refractivity contribution in [1.29, 1.82) is 10.5 Å². The summed E-state index contributed by atoms with van der Waals surface area (Å²) in [4.78, 5) is 21.0. The summed E-state index contributed by atoms with van der Waals surface area (Å²) in [5.74, 6) is -1.00. The lowest BCUT2D eigenvalue weighted by Gasteiger charge is -2.00. The molecule has 0 aromatic carbocycles. The van der Waals surface area contributed by atoms with Crippen molar-refractivity contribution in [3.8, 4) is 12.1 Å². The number of esters is 2. The van der Waals surface area contributed by atoms with E-state index in [0.717, 1.165) is 12.2 Å². The number of hydrogen-bond donors (Lipinski definition) is 0. The minimum atomic E-state index is -0.473. The van der Waals surface area contributed by atoms with Crippen LogP contribution in [0.4, 0.5) is 0 Å². The third-order valence-electron chi connectivity index (χ3n) is 1.58. The molecule has 0 saturated carbocycles. The van der Waals surface area contributed by atoms with Gasteiger partial charge in [0.05, 0.1) is 37.7 Å². The van der Waals surface area contributed by atoms with E-state index in [4.69, 9.17) is 10.5 Å². The Morgan fingerprint density at radius 1 is 1.21 bits per heavy atom. The summed E-state index contributed by atoms with van der Waals surface area (Å²) in [6, 6.07) is 3.63. The van der Waals surface area contributed by atoms with Crippen LogP contribution in [-0.4, -0.2) is 25.2 Å². The Labute approximate surface area is 113 Å². The van der Waals surface area contributed by atoms with Gasteiger partial charge in [-0.2, -0.15) is 10.5 Å². The molecule has 0 heterocycles. The van der Waals surface area contributed by atoms with Crippen molar-refractivity contribution in [1.82, 2.24) is 0 Å². The summed E-state index contributed by atoms with van der Waals surface area (Å²) in [7, 11) is 0. The molecule has 104 valence electrons. The van der Waals surface area contributed by atoms with E-state index in [9.17, 15) is 9.59 Å². The van der Waals surface area contributed by atoms with E-state index >= 15 is 0 Å². The van der Waals surface area contributed by atoms with Gasteiger partial charge in [-0.1, -0.05) is 0 Å². The van der Waals surface area contributed by atoms with Crippen molar-refractivity contribution in [2.75, 3.05) is 13.2 Å². The lowest BCUT2D eigenvalue weighted by molar-refractivity contribution is -0.143. The third-order valence-corrected chi connectivity index (χ3v) is 1.58. The van der Waals surface area contributed by atoms with Crippen LogP contribution in [0.5, 0.6) is 0 Å². The first-order valence-electron chi connectivity index (χ1n) is 5.79. The number of nitrogens with zero attached hydrogens (tertiary/aromatic N) is 2. The molecule has 0 rings (SSSR count). The van der Waals surface area contributed by atoms with E-state index < -0.39 is 5.97 Å². The van der Waals surface area contributed by atoms with E-state index in [-0.39, 0.29) is 18.3 Å². The van der Waals surface area contributed by atoms with Crippen LogP contribution in [0.3, 0.4) is 0 Å². The molecule has 6 nitrogen and oxygen atoms in total. The lowest BCUT2D eigenvalue weighted by Crippen LogP contribution is -2.07. The number of ether oxygens (including phenoxy) is 2. The highest BCUT2D eigenvalue weighted by atomic mass is 16.5. The SMILES string of the molecule is CCOC(=O)/C=C\C#N.CCOC(=O)CC(C)C#N. The van der Waals surface area contributed by atoms with E-state index in [1.807, 2.05) is 6.07 Å². The predicted molar refractivity (Wildman–Crippen MR) is 67.4 cm³/mol. The summed E-state index contributed by atoms with van der Waals surface area (Å²) in [5, 5.41) is 16.2. The number of hydrogen-bond acceptors (Lipinski definition) is 6. The van der Waals surface area contributed by atoms with Crippen LogP contribution < -0.4 is 0 Å². The predicted octanol–water partition coefficient (Wildman–Crippen LogP) is 1.73. The van der Waals surface area contributed by atoms with E-state index in [1.54, 1.807) is 26.8 Å². The number of carbonyl (C=O) groups excluding carboxylic acids is 2. The van der Waals surface area contributed by atoms with Crippen molar-refractivity contribution >= 4 is 11.9 Å². The van der Waals surface area contributed by atoms with Crippen LogP contribution in [0.15, 0.2) is 12.2 Å². The van der Waals surface area contributed by atoms with Crippen LogP contribution in [0, 0.1) is 28.6 Å². The maximum atomic E-state index is 10.6. The molecule has 0 aromatic rings. The van der Waals surface area contributed by atoms with Gasteiger partial charge in [0.25, 0.3) is 0 Å². The van der Waals surface area contributed by atoms with Gasteiger partial charge in [-0.05, 0) is 20.8 Å². The normalized spacial score (nSPS) is 10.4. The molecule has 0 aliphatic rings. The van der Waals surface area contributed by atoms with Crippen molar-refractivity contribution in [2.24, 2.45) is 5.92 Å². The highest BCUT2D eigenvalue weighted by Gasteiger charge is 2.07. The molecule has 0 bridgehead atoms. The Bertz CT molecular complexity index is 377. The lowest BCUT2D eigenvalue weighted by atomic mass is 10.1. The number of allylic oxidation sites excluding steroid dienone is 1. The van der Waals surface area contributed by atoms with Crippen molar-refractivity contribution in [2.45, 2.75) is 27.2 Å². The van der Waals surface area contributed by atoms with Gasteiger partial charge in [0, 0.05) is 12.2 Å². The maximum absolute atomic E-state index is 10.6. The molecule has 1 atom stereocenters. The van der Waals surface area contributed by atoms with Gasteiger partial charge in [0.2, 0.25) is 0 Å². The van der Waals surface area contributed by atoms with Crippen molar-refractivity contribution in [3.05, 3.63) is 12.2 Å². The molecule has 0 aliphatic carbocycles. The summed E-state index contributed by atoms with van der Waals surface area (Å²) in [6.07, 6.45) is 2.37. The first-order chi connectivity index (χ1) is 9.01. The molecule has 0 spiro atoms. The smallest absolute Gasteiger partial charge is 0.331 e. The molecule has 6 heteroatoms. The monoisotopic (exact) mass is 266 g/mol. The van der Waals surface area contributed by atoms with E-state index in [0.29, 0.717) is 13.2 Å². The topological polar surface area (TPSA) is 100 Å². The molecule has 19 heavy (non-hydrogen) atoms. The van der Waals surface area contributed by atoms with Gasteiger partial charge >= 0.3 is 11.9 Å².